The molecule has 2 aromatic carbocycles. The highest BCUT2D eigenvalue weighted by molar-refractivity contribution is 7.14. The number of aromatic hydroxyl groups is 1. The second-order valence-electron chi connectivity index (χ2n) is 8.52. The van der Waals surface area contributed by atoms with Crippen molar-refractivity contribution in [2.45, 2.75) is 33.1 Å². The Morgan fingerprint density at radius 2 is 1.76 bits per heavy atom. The molecule has 3 rings (SSSR count). The minimum Gasteiger partial charge on any atom is -0.630 e. The highest BCUT2D eigenvalue weighted by atomic mass is 32.1. The van der Waals surface area contributed by atoms with Crippen molar-refractivity contribution in [3.8, 4) is 16.2 Å². The van der Waals surface area contributed by atoms with E-state index in [1.165, 1.54) is 35.1 Å². The van der Waals surface area contributed by atoms with Gasteiger partial charge in [0.1, 0.15) is 17.0 Å². The molecule has 1 aromatic heterocycles. The van der Waals surface area contributed by atoms with Gasteiger partial charge in [-0.3, -0.25) is 4.79 Å². The molecule has 3 aromatic rings. The number of aromatic carboxylic acids is 1. The number of nitrogens with one attached hydrogen (secondary N) is 1. The summed E-state index contributed by atoms with van der Waals surface area (Å²) in [4.78, 5) is 24.2. The number of hydrogen-bond acceptors (Lipinski definition) is 6. The Morgan fingerprint density at radius 1 is 1.09 bits per heavy atom. The average molecular weight is 468 g/mol. The van der Waals surface area contributed by atoms with Crippen LogP contribution in [0.1, 0.15) is 59.5 Å². The summed E-state index contributed by atoms with van der Waals surface area (Å²) >= 11 is 1.37. The van der Waals surface area contributed by atoms with Crippen LogP contribution in [0.3, 0.4) is 0 Å². The van der Waals surface area contributed by atoms with E-state index in [4.69, 9.17) is 5.11 Å². The first-order valence-corrected chi connectivity index (χ1v) is 11.0. The largest absolute Gasteiger partial charge is 0.630 e. The molecule has 0 spiro atoms. The van der Waals surface area contributed by atoms with E-state index >= 15 is 0 Å². The minimum absolute atomic E-state index is 0.0308. The Labute approximate surface area is 195 Å². The Bertz CT molecular complexity index is 1220. The summed E-state index contributed by atoms with van der Waals surface area (Å²) in [5.74, 6) is -1.79. The van der Waals surface area contributed by atoms with Gasteiger partial charge >= 0.3 is 5.97 Å². The molecule has 1 heterocycles. The van der Waals surface area contributed by atoms with Crippen molar-refractivity contribution in [3.05, 3.63) is 75.3 Å². The summed E-state index contributed by atoms with van der Waals surface area (Å²) in [6.45, 7) is 8.06. The van der Waals surface area contributed by atoms with Crippen LogP contribution in [0.15, 0.2) is 52.9 Å². The van der Waals surface area contributed by atoms with Crippen LogP contribution in [-0.2, 0) is 5.41 Å². The zero-order valence-corrected chi connectivity index (χ0v) is 19.5. The van der Waals surface area contributed by atoms with Crippen molar-refractivity contribution in [2.75, 3.05) is 0 Å². The molecule has 0 aliphatic rings. The highest BCUT2D eigenvalue weighted by Crippen LogP contribution is 2.39. The van der Waals surface area contributed by atoms with Crippen LogP contribution in [-0.4, -0.2) is 27.8 Å². The average Bonchev–Trinajstić information content (AvgIpc) is 3.17. The van der Waals surface area contributed by atoms with Crippen molar-refractivity contribution in [3.63, 3.8) is 0 Å². The van der Waals surface area contributed by atoms with Crippen molar-refractivity contribution >= 4 is 34.6 Å². The molecule has 0 unspecified atom stereocenters. The van der Waals surface area contributed by atoms with Gasteiger partial charge in [-0.1, -0.05) is 45.0 Å². The number of benzene rings is 2. The molecule has 0 bridgehead atoms. The van der Waals surface area contributed by atoms with Crippen molar-refractivity contribution in [2.24, 2.45) is 5.10 Å². The number of nitrogens with zero attached hydrogens (tertiary/aromatic N) is 1. The molecular formula is C24H25N3O5S. The maximum atomic E-state index is 12.4. The van der Waals surface area contributed by atoms with Gasteiger partial charge in [-0.25, -0.2) is 10.2 Å². The van der Waals surface area contributed by atoms with E-state index in [9.17, 15) is 19.9 Å². The number of thiophene rings is 1. The lowest BCUT2D eigenvalue weighted by Crippen LogP contribution is -2.70. The Balaban J connectivity index is 1.79. The summed E-state index contributed by atoms with van der Waals surface area (Å²) in [6.07, 6.45) is 0. The Kier molecular flexibility index (Phi) is 6.97. The second kappa shape index (κ2) is 9.53. The summed E-state index contributed by atoms with van der Waals surface area (Å²) in [7, 11) is 0. The number of amides is 1. The number of quaternary nitrogens is 1. The van der Waals surface area contributed by atoms with Gasteiger partial charge in [0.05, 0.1) is 16.2 Å². The van der Waals surface area contributed by atoms with E-state index < -0.39 is 11.9 Å². The lowest BCUT2D eigenvalue weighted by atomic mass is 9.86. The van der Waals surface area contributed by atoms with Gasteiger partial charge in [-0.05, 0) is 35.6 Å². The molecule has 0 saturated carbocycles. The molecule has 1 amide bonds. The molecule has 5 N–H and O–H groups in total. The van der Waals surface area contributed by atoms with Crippen LogP contribution in [0.25, 0.3) is 10.4 Å². The molecule has 0 fully saturated rings. The monoisotopic (exact) mass is 467 g/mol. The predicted octanol–water partition coefficient (Wildman–Crippen LogP) is 3.96. The second-order valence-corrected chi connectivity index (χ2v) is 9.40. The summed E-state index contributed by atoms with van der Waals surface area (Å²) < 4.78 is 0. The van der Waals surface area contributed by atoms with Gasteiger partial charge in [0, 0.05) is 17.0 Å². The normalized spacial score (nSPS) is 12.0. The van der Waals surface area contributed by atoms with E-state index in [-0.39, 0.29) is 28.0 Å². The molecule has 0 atom stereocenters. The number of carboxylic acid groups (broad SMARTS) is 1. The number of rotatable bonds is 6. The Morgan fingerprint density at radius 3 is 2.33 bits per heavy atom. The number of hydrogen-bond donors (Lipinski definition) is 4. The molecular weight excluding hydrogens is 442 g/mol. The standard InChI is InChI=1S/C24H25N3O5S/c1-13(25-26-22(29)15-7-10-17(23(30)31)19(11-15)27-32)18-12-33-21(20(18)28)14-5-8-16(9-6-14)24(2,3)4/h5-12,28H,27H2,1-4H3,(H,26,29)(H,30,31)/b25-13+. The third-order valence-corrected chi connectivity index (χ3v) is 6.18. The maximum Gasteiger partial charge on any atom is 0.341 e. The molecule has 0 saturated heterocycles. The first-order chi connectivity index (χ1) is 15.5. The first-order valence-electron chi connectivity index (χ1n) is 10.1. The fourth-order valence-electron chi connectivity index (χ4n) is 3.19. The fraction of sp³-hybridized carbons (Fsp3) is 0.208. The van der Waals surface area contributed by atoms with Crippen molar-refractivity contribution in [1.82, 2.24) is 5.43 Å². The molecule has 0 aliphatic carbocycles. The quantitative estimate of drug-likeness (QED) is 0.247. The van der Waals surface area contributed by atoms with Crippen LogP contribution in [0.5, 0.6) is 5.75 Å². The summed E-state index contributed by atoms with van der Waals surface area (Å²) in [5.41, 5.74) is 5.55. The lowest BCUT2D eigenvalue weighted by Gasteiger charge is -2.19. The summed E-state index contributed by atoms with van der Waals surface area (Å²) in [6, 6.07) is 11.7. The van der Waals surface area contributed by atoms with Gasteiger partial charge in [0.15, 0.2) is 0 Å². The van der Waals surface area contributed by atoms with E-state index in [1.807, 2.05) is 24.3 Å². The first kappa shape index (κ1) is 24.1. The molecule has 172 valence electrons. The predicted molar refractivity (Wildman–Crippen MR) is 128 cm³/mol. The van der Waals surface area contributed by atoms with Crippen molar-refractivity contribution in [1.29, 1.82) is 0 Å². The van der Waals surface area contributed by atoms with Crippen LogP contribution in [0, 0.1) is 5.21 Å². The molecule has 0 radical (unpaired) electrons. The van der Waals surface area contributed by atoms with E-state index in [2.05, 4.69) is 31.3 Å². The smallest absolute Gasteiger partial charge is 0.341 e. The van der Waals surface area contributed by atoms with E-state index in [0.29, 0.717) is 21.6 Å². The Hall–Kier alpha value is -3.53. The highest BCUT2D eigenvalue weighted by Gasteiger charge is 2.18. The fourth-order valence-corrected chi connectivity index (χ4v) is 4.20. The lowest BCUT2D eigenvalue weighted by molar-refractivity contribution is -0.497. The summed E-state index contributed by atoms with van der Waals surface area (Å²) in [5, 5.41) is 36.8. The SMILES string of the molecule is C/C(=N\NC(=O)c1ccc(C(=O)O)c([NH2+][O-])c1)c1csc(-c2ccc(C(C)(C)C)cc2)c1O. The van der Waals surface area contributed by atoms with Crippen molar-refractivity contribution < 1.29 is 25.3 Å². The molecule has 9 heteroatoms. The number of carbonyl (C=O) groups is 2. The molecule has 33 heavy (non-hydrogen) atoms. The van der Waals surface area contributed by atoms with Crippen LogP contribution in [0.2, 0.25) is 0 Å². The maximum absolute atomic E-state index is 12.4. The van der Waals surface area contributed by atoms with E-state index in [1.54, 1.807) is 12.3 Å². The number of carboxylic acids is 1. The number of hydrazone groups is 1. The zero-order valence-electron chi connectivity index (χ0n) is 18.7. The third-order valence-electron chi connectivity index (χ3n) is 5.16. The zero-order chi connectivity index (χ0) is 24.3. The van der Waals surface area contributed by atoms with Gasteiger partial charge < -0.3 is 20.9 Å². The molecule has 0 aliphatic heterocycles. The molecule has 8 nitrogen and oxygen atoms in total. The topological polar surface area (TPSA) is 139 Å². The van der Waals surface area contributed by atoms with Gasteiger partial charge in [-0.2, -0.15) is 5.10 Å². The van der Waals surface area contributed by atoms with Crippen LogP contribution in [0.4, 0.5) is 5.69 Å². The minimum atomic E-state index is -1.25. The van der Waals surface area contributed by atoms with Gasteiger partial charge in [0.2, 0.25) is 0 Å². The van der Waals surface area contributed by atoms with E-state index in [0.717, 1.165) is 5.56 Å². The van der Waals surface area contributed by atoms with Crippen LogP contribution < -0.4 is 10.9 Å². The third kappa shape index (κ3) is 5.28. The van der Waals surface area contributed by atoms with Gasteiger partial charge in [0.25, 0.3) is 5.91 Å². The van der Waals surface area contributed by atoms with Gasteiger partial charge in [-0.15, -0.1) is 11.3 Å². The number of carbonyl (C=O) groups excluding carboxylic acids is 1. The number of nitrogens with two attached hydrogens (primary N) is 1. The van der Waals surface area contributed by atoms with Crippen LogP contribution >= 0.6 is 11.3 Å².